The number of nitrogens with zero attached hydrogens (tertiary/aromatic N) is 2. The van der Waals surface area contributed by atoms with E-state index in [1.54, 1.807) is 29.2 Å². The van der Waals surface area contributed by atoms with E-state index in [0.29, 0.717) is 24.3 Å². The topological polar surface area (TPSA) is 73.2 Å². The van der Waals surface area contributed by atoms with E-state index in [4.69, 9.17) is 5.26 Å². The van der Waals surface area contributed by atoms with Crippen molar-refractivity contribution in [3.8, 4) is 6.07 Å². The highest BCUT2D eigenvalue weighted by molar-refractivity contribution is 5.92. The third-order valence-electron chi connectivity index (χ3n) is 2.87. The molecule has 1 rings (SSSR count). The van der Waals surface area contributed by atoms with Gasteiger partial charge in [-0.05, 0) is 18.6 Å². The Labute approximate surface area is 119 Å². The summed E-state index contributed by atoms with van der Waals surface area (Å²) in [6, 6.07) is 8.86. The first-order valence-electron chi connectivity index (χ1n) is 6.63. The van der Waals surface area contributed by atoms with Crippen molar-refractivity contribution in [1.82, 2.24) is 4.90 Å². The Balaban J connectivity index is 2.56. The fraction of sp³-hybridized carbons (Fsp3) is 0.400. The Morgan fingerprint density at radius 2 is 2.00 bits per heavy atom. The molecule has 0 saturated carbocycles. The van der Waals surface area contributed by atoms with Crippen LogP contribution in [0.5, 0.6) is 0 Å². The Morgan fingerprint density at radius 1 is 1.30 bits per heavy atom. The van der Waals surface area contributed by atoms with Crippen LogP contribution in [0.2, 0.25) is 0 Å². The first-order valence-corrected chi connectivity index (χ1v) is 6.63. The minimum atomic E-state index is -0.199. The Bertz CT molecular complexity index is 520. The molecule has 0 aliphatic heterocycles. The number of hydrogen-bond acceptors (Lipinski definition) is 3. The zero-order valence-electron chi connectivity index (χ0n) is 11.8. The van der Waals surface area contributed by atoms with Crippen LogP contribution in [0.1, 0.15) is 32.3 Å². The van der Waals surface area contributed by atoms with Crippen molar-refractivity contribution in [2.45, 2.75) is 26.7 Å². The van der Waals surface area contributed by atoms with Gasteiger partial charge < -0.3 is 10.2 Å². The van der Waals surface area contributed by atoms with Gasteiger partial charge in [-0.1, -0.05) is 19.1 Å². The van der Waals surface area contributed by atoms with Crippen molar-refractivity contribution in [3.05, 3.63) is 29.8 Å². The van der Waals surface area contributed by atoms with E-state index < -0.39 is 0 Å². The lowest BCUT2D eigenvalue weighted by atomic mass is 10.2. The largest absolute Gasteiger partial charge is 0.342 e. The van der Waals surface area contributed by atoms with E-state index >= 15 is 0 Å². The van der Waals surface area contributed by atoms with Gasteiger partial charge in [-0.3, -0.25) is 9.59 Å². The van der Waals surface area contributed by atoms with Gasteiger partial charge in [0.15, 0.2) is 0 Å². The third-order valence-corrected chi connectivity index (χ3v) is 2.87. The van der Waals surface area contributed by atoms with Gasteiger partial charge >= 0.3 is 0 Å². The van der Waals surface area contributed by atoms with Crippen LogP contribution >= 0.6 is 0 Å². The monoisotopic (exact) mass is 273 g/mol. The van der Waals surface area contributed by atoms with Crippen molar-refractivity contribution < 1.29 is 9.59 Å². The predicted octanol–water partition coefficient (Wildman–Crippen LogP) is 2.15. The smallest absolute Gasteiger partial charge is 0.226 e. The number of anilines is 1. The van der Waals surface area contributed by atoms with E-state index in [0.717, 1.165) is 6.42 Å². The Kier molecular flexibility index (Phi) is 6.24. The lowest BCUT2D eigenvalue weighted by Gasteiger charge is -2.19. The second-order valence-corrected chi connectivity index (χ2v) is 4.46. The second kappa shape index (κ2) is 7.95. The second-order valence-electron chi connectivity index (χ2n) is 4.46. The Hall–Kier alpha value is -2.35. The molecule has 1 N–H and O–H groups in total. The molecule has 0 aromatic heterocycles. The summed E-state index contributed by atoms with van der Waals surface area (Å²) in [5, 5.41) is 11.6. The molecule has 5 heteroatoms. The van der Waals surface area contributed by atoms with Gasteiger partial charge in [0.25, 0.3) is 0 Å². The number of carbonyl (C=O) groups is 2. The molecular weight excluding hydrogens is 254 g/mol. The summed E-state index contributed by atoms with van der Waals surface area (Å²) in [6.07, 6.45) is 1.08. The summed E-state index contributed by atoms with van der Waals surface area (Å²) >= 11 is 0. The van der Waals surface area contributed by atoms with E-state index in [1.165, 1.54) is 6.92 Å². The summed E-state index contributed by atoms with van der Waals surface area (Å²) in [7, 11) is 0. The maximum atomic E-state index is 11.9. The van der Waals surface area contributed by atoms with Crippen LogP contribution in [-0.2, 0) is 9.59 Å². The minimum Gasteiger partial charge on any atom is -0.342 e. The van der Waals surface area contributed by atoms with Crippen LogP contribution in [0.25, 0.3) is 0 Å². The molecule has 1 aromatic carbocycles. The van der Waals surface area contributed by atoms with E-state index in [-0.39, 0.29) is 18.2 Å². The summed E-state index contributed by atoms with van der Waals surface area (Å²) in [4.78, 5) is 24.9. The fourth-order valence-corrected chi connectivity index (χ4v) is 1.84. The normalized spacial score (nSPS) is 9.65. The molecule has 106 valence electrons. The van der Waals surface area contributed by atoms with Gasteiger partial charge in [-0.25, -0.2) is 0 Å². The predicted molar refractivity (Wildman–Crippen MR) is 76.9 cm³/mol. The van der Waals surface area contributed by atoms with Crippen molar-refractivity contribution in [1.29, 1.82) is 5.26 Å². The lowest BCUT2D eigenvalue weighted by molar-refractivity contribution is -0.129. The summed E-state index contributed by atoms with van der Waals surface area (Å²) in [5.74, 6) is -0.230. The summed E-state index contributed by atoms with van der Waals surface area (Å²) < 4.78 is 0. The zero-order chi connectivity index (χ0) is 15.0. The molecule has 0 radical (unpaired) electrons. The number of benzene rings is 1. The molecule has 0 aliphatic rings. The highest BCUT2D eigenvalue weighted by Gasteiger charge is 2.11. The molecule has 5 nitrogen and oxygen atoms in total. The number of rotatable bonds is 6. The van der Waals surface area contributed by atoms with Crippen LogP contribution < -0.4 is 5.32 Å². The van der Waals surface area contributed by atoms with Crippen LogP contribution in [0, 0.1) is 11.3 Å². The van der Waals surface area contributed by atoms with Gasteiger partial charge in [0.05, 0.1) is 11.3 Å². The molecule has 0 unspecified atom stereocenters. The van der Waals surface area contributed by atoms with Crippen LogP contribution in [0.15, 0.2) is 24.3 Å². The summed E-state index contributed by atoms with van der Waals surface area (Å²) in [5.41, 5.74) is 0.933. The molecule has 0 bridgehead atoms. The van der Waals surface area contributed by atoms with Crippen LogP contribution in [-0.4, -0.2) is 29.8 Å². The SMILES string of the molecule is CCCN(CCC(=O)Nc1ccccc1C#N)C(C)=O. The molecule has 0 spiro atoms. The molecule has 0 saturated heterocycles. The first kappa shape index (κ1) is 15.7. The maximum Gasteiger partial charge on any atom is 0.226 e. The lowest BCUT2D eigenvalue weighted by Crippen LogP contribution is -2.32. The fourth-order valence-electron chi connectivity index (χ4n) is 1.84. The molecule has 0 aliphatic carbocycles. The molecule has 0 atom stereocenters. The van der Waals surface area contributed by atoms with Crippen LogP contribution in [0.4, 0.5) is 5.69 Å². The van der Waals surface area contributed by atoms with Gasteiger partial charge in [-0.2, -0.15) is 5.26 Å². The minimum absolute atomic E-state index is 0.0305. The first-order chi connectivity index (χ1) is 9.58. The molecule has 0 heterocycles. The average molecular weight is 273 g/mol. The van der Waals surface area contributed by atoms with E-state index in [2.05, 4.69) is 5.32 Å². The van der Waals surface area contributed by atoms with Crippen molar-refractivity contribution in [2.75, 3.05) is 18.4 Å². The molecule has 1 aromatic rings. The van der Waals surface area contributed by atoms with Gasteiger partial charge in [0.1, 0.15) is 6.07 Å². The van der Waals surface area contributed by atoms with Crippen molar-refractivity contribution in [2.24, 2.45) is 0 Å². The molecule has 2 amide bonds. The quantitative estimate of drug-likeness (QED) is 0.863. The number of para-hydroxylation sites is 1. The Morgan fingerprint density at radius 3 is 2.60 bits per heavy atom. The summed E-state index contributed by atoms with van der Waals surface area (Å²) in [6.45, 7) is 4.53. The van der Waals surface area contributed by atoms with Crippen molar-refractivity contribution in [3.63, 3.8) is 0 Å². The number of hydrogen-bond donors (Lipinski definition) is 1. The number of nitrogens with one attached hydrogen (secondary N) is 1. The number of carbonyl (C=O) groups excluding carboxylic acids is 2. The average Bonchev–Trinajstić information content (AvgIpc) is 2.43. The maximum absolute atomic E-state index is 11.9. The highest BCUT2D eigenvalue weighted by Crippen LogP contribution is 2.13. The number of nitriles is 1. The highest BCUT2D eigenvalue weighted by atomic mass is 16.2. The van der Waals surface area contributed by atoms with Crippen molar-refractivity contribution >= 4 is 17.5 Å². The number of amides is 2. The van der Waals surface area contributed by atoms with E-state index in [9.17, 15) is 9.59 Å². The molecule has 0 fully saturated rings. The van der Waals surface area contributed by atoms with Gasteiger partial charge in [0.2, 0.25) is 11.8 Å². The molecular formula is C15H19N3O2. The van der Waals surface area contributed by atoms with Crippen LogP contribution in [0.3, 0.4) is 0 Å². The van der Waals surface area contributed by atoms with E-state index in [1.807, 2.05) is 13.0 Å². The van der Waals surface area contributed by atoms with Gasteiger partial charge in [0, 0.05) is 26.4 Å². The standard InChI is InChI=1S/C15H19N3O2/c1-3-9-18(12(2)19)10-8-15(20)17-14-7-5-4-6-13(14)11-16/h4-7H,3,8-10H2,1-2H3,(H,17,20). The third kappa shape index (κ3) is 4.73. The van der Waals surface area contributed by atoms with Gasteiger partial charge in [-0.15, -0.1) is 0 Å². The molecule has 20 heavy (non-hydrogen) atoms. The zero-order valence-corrected chi connectivity index (χ0v) is 11.8.